The Balaban J connectivity index is 1.60. The van der Waals surface area contributed by atoms with E-state index in [-0.39, 0.29) is 30.0 Å². The first kappa shape index (κ1) is 14.0. The molecule has 0 radical (unpaired) electrons. The van der Waals surface area contributed by atoms with E-state index in [9.17, 15) is 14.0 Å². The van der Waals surface area contributed by atoms with E-state index in [1.807, 2.05) is 0 Å². The van der Waals surface area contributed by atoms with Crippen molar-refractivity contribution in [3.8, 4) is 0 Å². The van der Waals surface area contributed by atoms with Gasteiger partial charge in [0.15, 0.2) is 0 Å². The fourth-order valence-electron chi connectivity index (χ4n) is 3.16. The van der Waals surface area contributed by atoms with Gasteiger partial charge in [0.1, 0.15) is 5.82 Å². The van der Waals surface area contributed by atoms with Gasteiger partial charge in [-0.2, -0.15) is 0 Å². The van der Waals surface area contributed by atoms with E-state index in [1.165, 1.54) is 12.1 Å². The molecule has 2 saturated carbocycles. The Kier molecular flexibility index (Phi) is 3.43. The first-order valence-electron chi connectivity index (χ1n) is 7.28. The van der Waals surface area contributed by atoms with Gasteiger partial charge in [-0.3, -0.25) is 9.59 Å². The average Bonchev–Trinajstić information content (AvgIpc) is 3.16. The number of rotatable bonds is 5. The Bertz CT molecular complexity index is 565. The molecule has 0 aromatic heterocycles. The molecule has 2 atom stereocenters. The fourth-order valence-corrected chi connectivity index (χ4v) is 3.16. The van der Waals surface area contributed by atoms with Gasteiger partial charge in [0.05, 0.1) is 12.0 Å². The lowest BCUT2D eigenvalue weighted by Gasteiger charge is -2.41. The number of carboxylic acid groups (broad SMARTS) is 1. The molecule has 3 rings (SSSR count). The number of aliphatic carboxylic acids is 1. The molecule has 21 heavy (non-hydrogen) atoms. The molecule has 5 heteroatoms. The molecule has 112 valence electrons. The van der Waals surface area contributed by atoms with Gasteiger partial charge in [-0.1, -0.05) is 12.1 Å². The van der Waals surface area contributed by atoms with Crippen molar-refractivity contribution in [2.45, 2.75) is 43.6 Å². The van der Waals surface area contributed by atoms with Crippen LogP contribution in [0, 0.1) is 11.7 Å². The summed E-state index contributed by atoms with van der Waals surface area (Å²) in [7, 11) is 0. The monoisotopic (exact) mass is 291 g/mol. The van der Waals surface area contributed by atoms with Crippen LogP contribution in [0.2, 0.25) is 0 Å². The van der Waals surface area contributed by atoms with Gasteiger partial charge in [0, 0.05) is 5.92 Å². The number of halogens is 1. The van der Waals surface area contributed by atoms with Crippen LogP contribution in [0.3, 0.4) is 0 Å². The average molecular weight is 291 g/mol. The van der Waals surface area contributed by atoms with E-state index in [0.29, 0.717) is 0 Å². The van der Waals surface area contributed by atoms with Crippen LogP contribution in [0.1, 0.15) is 43.6 Å². The van der Waals surface area contributed by atoms with Gasteiger partial charge in [-0.05, 0) is 49.3 Å². The maximum atomic E-state index is 12.9. The zero-order valence-electron chi connectivity index (χ0n) is 11.6. The Hall–Kier alpha value is -1.91. The summed E-state index contributed by atoms with van der Waals surface area (Å²) in [5.41, 5.74) is 0.427. The first-order chi connectivity index (χ1) is 9.99. The molecule has 4 nitrogen and oxygen atoms in total. The van der Waals surface area contributed by atoms with Gasteiger partial charge >= 0.3 is 5.97 Å². The molecule has 2 N–H and O–H groups in total. The van der Waals surface area contributed by atoms with Crippen LogP contribution in [0.15, 0.2) is 24.3 Å². The van der Waals surface area contributed by atoms with Gasteiger partial charge in [0.2, 0.25) is 5.91 Å². The molecule has 0 heterocycles. The lowest BCUT2D eigenvalue weighted by Crippen LogP contribution is -2.55. The van der Waals surface area contributed by atoms with E-state index >= 15 is 0 Å². The number of benzene rings is 1. The summed E-state index contributed by atoms with van der Waals surface area (Å²) in [6.07, 6.45) is 3.17. The predicted molar refractivity (Wildman–Crippen MR) is 74.2 cm³/mol. The summed E-state index contributed by atoms with van der Waals surface area (Å²) in [4.78, 5) is 23.2. The van der Waals surface area contributed by atoms with Crippen molar-refractivity contribution >= 4 is 11.9 Å². The fraction of sp³-hybridized carbons (Fsp3) is 0.500. The summed E-state index contributed by atoms with van der Waals surface area (Å²) in [6, 6.07) is 6.23. The second-order valence-corrected chi connectivity index (χ2v) is 6.19. The van der Waals surface area contributed by atoms with Gasteiger partial charge in [0.25, 0.3) is 0 Å². The number of carbonyl (C=O) groups is 2. The molecule has 2 aliphatic carbocycles. The Morgan fingerprint density at radius 2 is 1.95 bits per heavy atom. The first-order valence-corrected chi connectivity index (χ1v) is 7.28. The second kappa shape index (κ2) is 5.13. The largest absolute Gasteiger partial charge is 0.481 e. The highest BCUT2D eigenvalue weighted by atomic mass is 19.1. The molecule has 1 amide bonds. The van der Waals surface area contributed by atoms with Crippen molar-refractivity contribution in [2.24, 2.45) is 5.92 Å². The van der Waals surface area contributed by atoms with E-state index in [0.717, 1.165) is 31.2 Å². The second-order valence-electron chi connectivity index (χ2n) is 6.19. The molecular weight excluding hydrogens is 273 g/mol. The Morgan fingerprint density at radius 3 is 2.48 bits per heavy atom. The molecular formula is C16H18FNO3. The zero-order chi connectivity index (χ0) is 15.0. The molecule has 0 spiro atoms. The molecule has 2 aliphatic rings. The van der Waals surface area contributed by atoms with Crippen LogP contribution in [-0.2, 0) is 9.59 Å². The number of carbonyl (C=O) groups excluding carboxylic acids is 1. The van der Waals surface area contributed by atoms with Crippen LogP contribution < -0.4 is 5.32 Å². The van der Waals surface area contributed by atoms with Gasteiger partial charge < -0.3 is 10.4 Å². The van der Waals surface area contributed by atoms with Crippen LogP contribution in [0.25, 0.3) is 0 Å². The zero-order valence-corrected chi connectivity index (χ0v) is 11.6. The van der Waals surface area contributed by atoms with Crippen molar-refractivity contribution < 1.29 is 19.1 Å². The summed E-state index contributed by atoms with van der Waals surface area (Å²) >= 11 is 0. The highest BCUT2D eigenvalue weighted by molar-refractivity contribution is 5.84. The molecule has 0 saturated heterocycles. The molecule has 0 bridgehead atoms. The summed E-state index contributed by atoms with van der Waals surface area (Å²) < 4.78 is 12.9. The van der Waals surface area contributed by atoms with Crippen molar-refractivity contribution in [1.29, 1.82) is 0 Å². The van der Waals surface area contributed by atoms with Crippen molar-refractivity contribution in [2.75, 3.05) is 0 Å². The third kappa shape index (κ3) is 2.91. The van der Waals surface area contributed by atoms with E-state index in [1.54, 1.807) is 12.1 Å². The molecule has 0 aliphatic heterocycles. The molecule has 2 fully saturated rings. The molecule has 1 aromatic rings. The van der Waals surface area contributed by atoms with Crippen LogP contribution >= 0.6 is 0 Å². The van der Waals surface area contributed by atoms with Crippen LogP contribution in [0.4, 0.5) is 4.39 Å². The van der Waals surface area contributed by atoms with Crippen LogP contribution in [-0.4, -0.2) is 22.5 Å². The maximum Gasteiger partial charge on any atom is 0.305 e. The maximum absolute atomic E-state index is 12.9. The normalized spacial score (nSPS) is 25.8. The summed E-state index contributed by atoms with van der Waals surface area (Å²) in [5.74, 6) is -1.20. The Labute approximate surface area is 122 Å². The van der Waals surface area contributed by atoms with Crippen LogP contribution in [0.5, 0.6) is 0 Å². The number of nitrogens with one attached hydrogen (secondary N) is 1. The lowest BCUT2D eigenvalue weighted by molar-refractivity contribution is -0.140. The topological polar surface area (TPSA) is 66.4 Å². The smallest absolute Gasteiger partial charge is 0.305 e. The standard InChI is InChI=1S/C16H18FNO3/c17-11-4-2-10(3-5-11)12-8-13(12)15(21)18-16(6-1-7-16)9-14(19)20/h2-5,12-13H,1,6-9H2,(H,18,21)(H,19,20). The quantitative estimate of drug-likeness (QED) is 0.875. The summed E-state index contributed by atoms with van der Waals surface area (Å²) in [5, 5.41) is 11.9. The van der Waals surface area contributed by atoms with E-state index in [2.05, 4.69) is 5.32 Å². The third-order valence-electron chi connectivity index (χ3n) is 4.61. The van der Waals surface area contributed by atoms with Crippen molar-refractivity contribution in [1.82, 2.24) is 5.32 Å². The predicted octanol–water partition coefficient (Wildman–Crippen LogP) is 2.44. The number of carboxylic acids is 1. The minimum Gasteiger partial charge on any atom is -0.481 e. The van der Waals surface area contributed by atoms with Crippen molar-refractivity contribution in [3.63, 3.8) is 0 Å². The third-order valence-corrected chi connectivity index (χ3v) is 4.61. The molecule has 1 aromatic carbocycles. The minimum atomic E-state index is -0.874. The minimum absolute atomic E-state index is 0.00727. The lowest BCUT2D eigenvalue weighted by atomic mass is 9.74. The van der Waals surface area contributed by atoms with E-state index in [4.69, 9.17) is 5.11 Å². The summed E-state index contributed by atoms with van der Waals surface area (Å²) in [6.45, 7) is 0. The molecule has 2 unspecified atom stereocenters. The number of hydrogen-bond donors (Lipinski definition) is 2. The number of amides is 1. The SMILES string of the molecule is O=C(O)CC1(NC(=O)C2CC2c2ccc(F)cc2)CCC1. The van der Waals surface area contributed by atoms with E-state index < -0.39 is 11.5 Å². The Morgan fingerprint density at radius 1 is 1.29 bits per heavy atom. The highest BCUT2D eigenvalue weighted by Crippen LogP contribution is 2.48. The van der Waals surface area contributed by atoms with Gasteiger partial charge in [-0.25, -0.2) is 4.39 Å². The van der Waals surface area contributed by atoms with Gasteiger partial charge in [-0.15, -0.1) is 0 Å². The highest BCUT2D eigenvalue weighted by Gasteiger charge is 2.48. The number of hydrogen-bond acceptors (Lipinski definition) is 2. The van der Waals surface area contributed by atoms with Crippen molar-refractivity contribution in [3.05, 3.63) is 35.6 Å².